The maximum atomic E-state index is 11.8. The summed E-state index contributed by atoms with van der Waals surface area (Å²) in [6.07, 6.45) is 0. The third-order valence-electron chi connectivity index (χ3n) is 2.53. The highest BCUT2D eigenvalue weighted by molar-refractivity contribution is 9.10. The van der Waals surface area contributed by atoms with Crippen molar-refractivity contribution in [3.05, 3.63) is 57.5 Å². The van der Waals surface area contributed by atoms with Crippen LogP contribution in [0.25, 0.3) is 0 Å². The van der Waals surface area contributed by atoms with Crippen molar-refractivity contribution in [3.63, 3.8) is 0 Å². The Kier molecular flexibility index (Phi) is 4.45. The van der Waals surface area contributed by atoms with E-state index in [4.69, 9.17) is 11.6 Å². The number of nitrogens with one attached hydrogen (secondary N) is 2. The molecule has 3 nitrogen and oxygen atoms in total. The smallest absolute Gasteiger partial charge is 0.308 e. The van der Waals surface area contributed by atoms with Crippen molar-refractivity contribution < 1.29 is 4.79 Å². The molecule has 0 aliphatic heterocycles. The Hall–Kier alpha value is -1.52. The Balaban J connectivity index is 2.09. The number of carbonyl (C=O) groups excluding carboxylic acids is 1. The van der Waals surface area contributed by atoms with Gasteiger partial charge in [-0.2, -0.15) is 0 Å². The van der Waals surface area contributed by atoms with Crippen LogP contribution in [0.5, 0.6) is 0 Å². The van der Waals surface area contributed by atoms with Crippen LogP contribution in [0, 0.1) is 6.92 Å². The molecule has 0 heterocycles. The summed E-state index contributed by atoms with van der Waals surface area (Å²) in [4.78, 5) is 11.8. The van der Waals surface area contributed by atoms with Gasteiger partial charge in [-0.15, -0.1) is 0 Å². The fraction of sp³-hybridized carbons (Fsp3) is 0.0714. The second kappa shape index (κ2) is 6.08. The van der Waals surface area contributed by atoms with Crippen molar-refractivity contribution in [1.29, 1.82) is 0 Å². The molecule has 0 aliphatic rings. The van der Waals surface area contributed by atoms with E-state index in [-0.39, 0.29) is 6.03 Å². The molecule has 0 spiro atoms. The van der Waals surface area contributed by atoms with E-state index in [0.29, 0.717) is 10.7 Å². The monoisotopic (exact) mass is 338 g/mol. The number of urea groups is 1. The Labute approximate surface area is 125 Å². The lowest BCUT2D eigenvalue weighted by molar-refractivity contribution is 0.262. The predicted octanol–water partition coefficient (Wildman–Crippen LogP) is 5.05. The van der Waals surface area contributed by atoms with Gasteiger partial charge in [-0.25, -0.2) is 4.79 Å². The molecule has 5 heteroatoms. The summed E-state index contributed by atoms with van der Waals surface area (Å²) in [7, 11) is 0. The van der Waals surface area contributed by atoms with Gasteiger partial charge < -0.3 is 10.6 Å². The van der Waals surface area contributed by atoms with Gasteiger partial charge in [0, 0.05) is 15.2 Å². The molecule has 0 saturated heterocycles. The van der Waals surface area contributed by atoms with Gasteiger partial charge in [0.25, 0.3) is 0 Å². The number of hydrogen-bond donors (Lipinski definition) is 2. The first-order chi connectivity index (χ1) is 9.06. The van der Waals surface area contributed by atoms with Gasteiger partial charge >= 0.3 is 6.03 Å². The highest BCUT2D eigenvalue weighted by Gasteiger charge is 2.08. The number of benzene rings is 2. The zero-order valence-corrected chi connectivity index (χ0v) is 12.5. The number of para-hydroxylation sites is 1. The molecular weight excluding hydrogens is 328 g/mol. The second-order valence-corrected chi connectivity index (χ2v) is 5.29. The van der Waals surface area contributed by atoms with Crippen LogP contribution in [0.15, 0.2) is 46.9 Å². The maximum Gasteiger partial charge on any atom is 0.323 e. The van der Waals surface area contributed by atoms with Crippen molar-refractivity contribution in [2.75, 3.05) is 10.6 Å². The molecule has 2 amide bonds. The van der Waals surface area contributed by atoms with Crippen LogP contribution in [-0.4, -0.2) is 6.03 Å². The molecule has 2 aromatic rings. The lowest BCUT2D eigenvalue weighted by Gasteiger charge is -2.10. The average molecular weight is 340 g/mol. The molecule has 2 N–H and O–H groups in total. The molecule has 0 unspecified atom stereocenters. The molecule has 98 valence electrons. The van der Waals surface area contributed by atoms with E-state index in [1.807, 2.05) is 43.3 Å². The fourth-order valence-corrected chi connectivity index (χ4v) is 2.27. The molecule has 0 saturated carbocycles. The molecule has 2 aromatic carbocycles. The standard InChI is InChI=1S/C14H12BrClN2O/c1-9-7-11(15)13(8-12(9)16)18-14(19)17-10-5-3-2-4-6-10/h2-8H,1H3,(H2,17,18,19). The molecular formula is C14H12BrClN2O. The van der Waals surface area contributed by atoms with Gasteiger partial charge in [-0.05, 0) is 52.7 Å². The van der Waals surface area contributed by atoms with Crippen LogP contribution in [-0.2, 0) is 0 Å². The first-order valence-corrected chi connectivity index (χ1v) is 6.82. The summed E-state index contributed by atoms with van der Waals surface area (Å²) in [6.45, 7) is 1.90. The molecule has 0 fully saturated rings. The van der Waals surface area contributed by atoms with Gasteiger partial charge in [-0.1, -0.05) is 29.8 Å². The number of rotatable bonds is 2. The first kappa shape index (κ1) is 13.9. The minimum Gasteiger partial charge on any atom is -0.308 e. The van der Waals surface area contributed by atoms with Gasteiger partial charge in [-0.3, -0.25) is 0 Å². The molecule has 0 bridgehead atoms. The summed E-state index contributed by atoms with van der Waals surface area (Å²) >= 11 is 9.43. The van der Waals surface area contributed by atoms with E-state index >= 15 is 0 Å². The Morgan fingerprint density at radius 3 is 2.53 bits per heavy atom. The van der Waals surface area contributed by atoms with Crippen LogP contribution < -0.4 is 10.6 Å². The summed E-state index contributed by atoms with van der Waals surface area (Å²) in [5, 5.41) is 6.09. The van der Waals surface area contributed by atoms with Crippen molar-refractivity contribution in [2.45, 2.75) is 6.92 Å². The fourth-order valence-electron chi connectivity index (χ4n) is 1.55. The number of hydrogen-bond acceptors (Lipinski definition) is 1. The normalized spacial score (nSPS) is 10.1. The van der Waals surface area contributed by atoms with E-state index in [0.717, 1.165) is 15.7 Å². The van der Waals surface area contributed by atoms with Crippen LogP contribution in [0.1, 0.15) is 5.56 Å². The Morgan fingerprint density at radius 1 is 1.16 bits per heavy atom. The Morgan fingerprint density at radius 2 is 1.84 bits per heavy atom. The van der Waals surface area contributed by atoms with Crippen molar-refractivity contribution >= 4 is 44.9 Å². The first-order valence-electron chi connectivity index (χ1n) is 5.65. The van der Waals surface area contributed by atoms with E-state index < -0.39 is 0 Å². The zero-order chi connectivity index (χ0) is 13.8. The van der Waals surface area contributed by atoms with Gasteiger partial charge in [0.2, 0.25) is 0 Å². The number of amides is 2. The van der Waals surface area contributed by atoms with Crippen LogP contribution in [0.4, 0.5) is 16.2 Å². The lowest BCUT2D eigenvalue weighted by atomic mass is 10.2. The lowest BCUT2D eigenvalue weighted by Crippen LogP contribution is -2.19. The highest BCUT2D eigenvalue weighted by Crippen LogP contribution is 2.29. The summed E-state index contributed by atoms with van der Waals surface area (Å²) in [5.74, 6) is 0. The number of carbonyl (C=O) groups is 1. The predicted molar refractivity (Wildman–Crippen MR) is 83.0 cm³/mol. The topological polar surface area (TPSA) is 41.1 Å². The quantitative estimate of drug-likeness (QED) is 0.789. The SMILES string of the molecule is Cc1cc(Br)c(NC(=O)Nc2ccccc2)cc1Cl. The van der Waals surface area contributed by atoms with E-state index in [9.17, 15) is 4.79 Å². The van der Waals surface area contributed by atoms with Crippen molar-refractivity contribution in [2.24, 2.45) is 0 Å². The van der Waals surface area contributed by atoms with Crippen LogP contribution in [0.2, 0.25) is 5.02 Å². The van der Waals surface area contributed by atoms with E-state index in [1.54, 1.807) is 6.07 Å². The van der Waals surface area contributed by atoms with Crippen LogP contribution >= 0.6 is 27.5 Å². The van der Waals surface area contributed by atoms with Gasteiger partial charge in [0.15, 0.2) is 0 Å². The van der Waals surface area contributed by atoms with Crippen molar-refractivity contribution in [3.8, 4) is 0 Å². The maximum absolute atomic E-state index is 11.8. The van der Waals surface area contributed by atoms with Gasteiger partial charge in [0.05, 0.1) is 5.69 Å². The molecule has 19 heavy (non-hydrogen) atoms. The molecule has 0 atom stereocenters. The zero-order valence-electron chi connectivity index (χ0n) is 10.2. The van der Waals surface area contributed by atoms with Gasteiger partial charge in [0.1, 0.15) is 0 Å². The second-order valence-electron chi connectivity index (χ2n) is 4.03. The molecule has 0 radical (unpaired) electrons. The summed E-state index contributed by atoms with van der Waals surface area (Å²) < 4.78 is 0.789. The molecule has 0 aliphatic carbocycles. The minimum absolute atomic E-state index is 0.313. The van der Waals surface area contributed by atoms with Crippen LogP contribution in [0.3, 0.4) is 0 Å². The Bertz CT molecular complexity index is 602. The number of anilines is 2. The largest absolute Gasteiger partial charge is 0.323 e. The number of halogens is 2. The number of aryl methyl sites for hydroxylation is 1. The summed E-state index contributed by atoms with van der Waals surface area (Å²) in [5.41, 5.74) is 2.31. The van der Waals surface area contributed by atoms with E-state index in [1.165, 1.54) is 0 Å². The molecule has 2 rings (SSSR count). The third kappa shape index (κ3) is 3.72. The average Bonchev–Trinajstić information content (AvgIpc) is 2.37. The highest BCUT2D eigenvalue weighted by atomic mass is 79.9. The van der Waals surface area contributed by atoms with E-state index in [2.05, 4.69) is 26.6 Å². The minimum atomic E-state index is -0.313. The molecule has 0 aromatic heterocycles. The third-order valence-corrected chi connectivity index (χ3v) is 3.59. The summed E-state index contributed by atoms with van der Waals surface area (Å²) in [6, 6.07) is 12.5. The van der Waals surface area contributed by atoms with Crippen molar-refractivity contribution in [1.82, 2.24) is 0 Å².